The molecule has 0 aliphatic rings. The van der Waals surface area contributed by atoms with Crippen molar-refractivity contribution in [2.75, 3.05) is 5.32 Å². The maximum Gasteiger partial charge on any atom is 0.123 e. The standard InChI is InChI=1S/C18H15BrFN/c1-12(13-5-4-6-14(20)11-13)21-18-10-9-17(19)15-7-2-3-8-16(15)18/h2-12,21H,1H3. The van der Waals surface area contributed by atoms with Gasteiger partial charge in [-0.2, -0.15) is 0 Å². The molecule has 0 spiro atoms. The van der Waals surface area contributed by atoms with Crippen LogP contribution in [-0.4, -0.2) is 0 Å². The number of hydrogen-bond acceptors (Lipinski definition) is 1. The molecule has 3 aromatic carbocycles. The van der Waals surface area contributed by atoms with Crippen LogP contribution < -0.4 is 5.32 Å². The number of rotatable bonds is 3. The summed E-state index contributed by atoms with van der Waals surface area (Å²) in [5.41, 5.74) is 1.98. The average Bonchev–Trinajstić information content (AvgIpc) is 2.50. The molecule has 1 nitrogen and oxygen atoms in total. The first-order valence-corrected chi connectivity index (χ1v) is 7.64. The molecule has 3 rings (SSSR count). The van der Waals surface area contributed by atoms with Gasteiger partial charge in [-0.3, -0.25) is 0 Å². The number of nitrogens with one attached hydrogen (secondary N) is 1. The zero-order chi connectivity index (χ0) is 14.8. The Labute approximate surface area is 131 Å². The van der Waals surface area contributed by atoms with E-state index in [1.165, 1.54) is 6.07 Å². The summed E-state index contributed by atoms with van der Waals surface area (Å²) < 4.78 is 14.4. The van der Waals surface area contributed by atoms with Gasteiger partial charge in [-0.25, -0.2) is 4.39 Å². The largest absolute Gasteiger partial charge is 0.378 e. The highest BCUT2D eigenvalue weighted by atomic mass is 79.9. The average molecular weight is 344 g/mol. The van der Waals surface area contributed by atoms with Crippen molar-refractivity contribution in [3.05, 3.63) is 76.5 Å². The fourth-order valence-corrected chi connectivity index (χ4v) is 2.96. The van der Waals surface area contributed by atoms with Crippen molar-refractivity contribution in [1.29, 1.82) is 0 Å². The van der Waals surface area contributed by atoms with E-state index in [1.54, 1.807) is 12.1 Å². The van der Waals surface area contributed by atoms with Crippen LogP contribution in [0.2, 0.25) is 0 Å². The number of fused-ring (bicyclic) bond motifs is 1. The third kappa shape index (κ3) is 2.93. The van der Waals surface area contributed by atoms with Gasteiger partial charge in [-0.05, 0) is 42.1 Å². The lowest BCUT2D eigenvalue weighted by Gasteiger charge is -2.18. The molecule has 0 amide bonds. The summed E-state index contributed by atoms with van der Waals surface area (Å²) in [5, 5.41) is 5.78. The Kier molecular flexibility index (Phi) is 3.93. The van der Waals surface area contributed by atoms with Gasteiger partial charge in [0.05, 0.1) is 0 Å². The Morgan fingerprint density at radius 2 is 1.71 bits per heavy atom. The van der Waals surface area contributed by atoms with Gasteiger partial charge in [0.25, 0.3) is 0 Å². The molecule has 0 bridgehead atoms. The van der Waals surface area contributed by atoms with Gasteiger partial charge in [-0.1, -0.05) is 52.3 Å². The smallest absolute Gasteiger partial charge is 0.123 e. The molecular weight excluding hydrogens is 329 g/mol. The molecule has 106 valence electrons. The van der Waals surface area contributed by atoms with E-state index < -0.39 is 0 Å². The fraction of sp³-hybridized carbons (Fsp3) is 0.111. The van der Waals surface area contributed by atoms with Crippen molar-refractivity contribution in [2.24, 2.45) is 0 Å². The van der Waals surface area contributed by atoms with E-state index in [4.69, 9.17) is 0 Å². The lowest BCUT2D eigenvalue weighted by atomic mass is 10.1. The van der Waals surface area contributed by atoms with Gasteiger partial charge >= 0.3 is 0 Å². The minimum atomic E-state index is -0.207. The van der Waals surface area contributed by atoms with Crippen LogP contribution in [0.5, 0.6) is 0 Å². The molecule has 0 radical (unpaired) electrons. The second-order valence-electron chi connectivity index (χ2n) is 5.06. The van der Waals surface area contributed by atoms with Gasteiger partial charge in [0.1, 0.15) is 5.82 Å². The molecule has 3 heteroatoms. The molecule has 0 aliphatic carbocycles. The summed E-state index contributed by atoms with van der Waals surface area (Å²) >= 11 is 3.57. The third-order valence-corrected chi connectivity index (χ3v) is 4.28. The summed E-state index contributed by atoms with van der Waals surface area (Å²) in [6.45, 7) is 2.03. The first-order valence-electron chi connectivity index (χ1n) is 6.84. The van der Waals surface area contributed by atoms with Gasteiger partial charge in [0.2, 0.25) is 0 Å². The van der Waals surface area contributed by atoms with E-state index in [1.807, 2.05) is 37.3 Å². The minimum absolute atomic E-state index is 0.0327. The zero-order valence-electron chi connectivity index (χ0n) is 11.6. The Bertz CT molecular complexity index is 785. The Balaban J connectivity index is 1.97. The van der Waals surface area contributed by atoms with Crippen LogP contribution in [0.25, 0.3) is 10.8 Å². The molecule has 0 aliphatic heterocycles. The molecule has 1 N–H and O–H groups in total. The van der Waals surface area contributed by atoms with Crippen molar-refractivity contribution in [2.45, 2.75) is 13.0 Å². The molecule has 0 saturated carbocycles. The monoisotopic (exact) mass is 343 g/mol. The number of anilines is 1. The number of halogens is 2. The van der Waals surface area contributed by atoms with Crippen LogP contribution >= 0.6 is 15.9 Å². The quantitative estimate of drug-likeness (QED) is 0.622. The van der Waals surface area contributed by atoms with Crippen molar-refractivity contribution >= 4 is 32.4 Å². The summed E-state index contributed by atoms with van der Waals surface area (Å²) in [6, 6.07) is 19.0. The van der Waals surface area contributed by atoms with E-state index in [2.05, 4.69) is 33.4 Å². The molecule has 0 heterocycles. The fourth-order valence-electron chi connectivity index (χ4n) is 2.48. The first-order chi connectivity index (χ1) is 10.1. The maximum atomic E-state index is 13.3. The summed E-state index contributed by atoms with van der Waals surface area (Å²) in [7, 11) is 0. The van der Waals surface area contributed by atoms with Crippen LogP contribution in [-0.2, 0) is 0 Å². The highest BCUT2D eigenvalue weighted by Gasteiger charge is 2.09. The molecule has 21 heavy (non-hydrogen) atoms. The van der Waals surface area contributed by atoms with Crippen LogP contribution in [0.15, 0.2) is 65.1 Å². The van der Waals surface area contributed by atoms with E-state index in [-0.39, 0.29) is 11.9 Å². The predicted molar refractivity (Wildman–Crippen MR) is 90.1 cm³/mol. The van der Waals surface area contributed by atoms with Crippen molar-refractivity contribution in [1.82, 2.24) is 0 Å². The molecule has 0 fully saturated rings. The molecule has 0 saturated heterocycles. The molecule has 3 aromatic rings. The highest BCUT2D eigenvalue weighted by Crippen LogP contribution is 2.32. The number of hydrogen-bond donors (Lipinski definition) is 1. The molecular formula is C18H15BrFN. The van der Waals surface area contributed by atoms with E-state index in [0.29, 0.717) is 0 Å². The van der Waals surface area contributed by atoms with E-state index in [0.717, 1.165) is 26.5 Å². The van der Waals surface area contributed by atoms with Crippen molar-refractivity contribution in [3.8, 4) is 0 Å². The molecule has 1 atom stereocenters. The highest BCUT2D eigenvalue weighted by molar-refractivity contribution is 9.10. The van der Waals surface area contributed by atoms with Crippen LogP contribution in [0.3, 0.4) is 0 Å². The Morgan fingerprint density at radius 1 is 0.952 bits per heavy atom. The number of benzene rings is 3. The normalized spacial score (nSPS) is 12.3. The van der Waals surface area contributed by atoms with Gasteiger partial charge in [0, 0.05) is 21.6 Å². The summed E-state index contributed by atoms with van der Waals surface area (Å²) in [4.78, 5) is 0. The third-order valence-electron chi connectivity index (χ3n) is 3.59. The van der Waals surface area contributed by atoms with Crippen LogP contribution in [0, 0.1) is 5.82 Å². The second kappa shape index (κ2) is 5.86. The minimum Gasteiger partial charge on any atom is -0.378 e. The molecule has 1 unspecified atom stereocenters. The summed E-state index contributed by atoms with van der Waals surface area (Å²) in [6.07, 6.45) is 0. The lowest BCUT2D eigenvalue weighted by Crippen LogP contribution is -2.07. The van der Waals surface area contributed by atoms with Crippen LogP contribution in [0.4, 0.5) is 10.1 Å². The second-order valence-corrected chi connectivity index (χ2v) is 5.92. The van der Waals surface area contributed by atoms with E-state index in [9.17, 15) is 4.39 Å². The van der Waals surface area contributed by atoms with Gasteiger partial charge in [0.15, 0.2) is 0 Å². The van der Waals surface area contributed by atoms with E-state index >= 15 is 0 Å². The first kappa shape index (κ1) is 14.1. The van der Waals surface area contributed by atoms with Crippen molar-refractivity contribution in [3.63, 3.8) is 0 Å². The predicted octanol–water partition coefficient (Wildman–Crippen LogP) is 5.91. The van der Waals surface area contributed by atoms with Gasteiger partial charge < -0.3 is 5.32 Å². The maximum absolute atomic E-state index is 13.3. The zero-order valence-corrected chi connectivity index (χ0v) is 13.2. The molecule has 0 aromatic heterocycles. The Hall–Kier alpha value is -1.87. The SMILES string of the molecule is CC(Nc1ccc(Br)c2ccccc12)c1cccc(F)c1. The Morgan fingerprint density at radius 3 is 2.48 bits per heavy atom. The summed E-state index contributed by atoms with van der Waals surface area (Å²) in [5.74, 6) is -0.207. The van der Waals surface area contributed by atoms with Gasteiger partial charge in [-0.15, -0.1) is 0 Å². The van der Waals surface area contributed by atoms with Crippen molar-refractivity contribution < 1.29 is 4.39 Å². The van der Waals surface area contributed by atoms with Crippen LogP contribution in [0.1, 0.15) is 18.5 Å². The topological polar surface area (TPSA) is 12.0 Å². The lowest BCUT2D eigenvalue weighted by molar-refractivity contribution is 0.623.